The lowest BCUT2D eigenvalue weighted by Gasteiger charge is -2.18. The van der Waals surface area contributed by atoms with Crippen molar-refractivity contribution in [2.45, 2.75) is 207 Å². The fraction of sp³-hybridized carbons (Fsp3) is 0.870. The first-order valence-electron chi connectivity index (χ1n) is 22.8. The van der Waals surface area contributed by atoms with E-state index in [1.54, 1.807) is 11.7 Å². The van der Waals surface area contributed by atoms with Crippen LogP contribution in [0.4, 0.5) is 0 Å². The Morgan fingerprint density at radius 1 is 0.400 bits per heavy atom. The van der Waals surface area contributed by atoms with Gasteiger partial charge in [-0.05, 0) is 78.1 Å². The Labute approximate surface area is 314 Å². The van der Waals surface area contributed by atoms with E-state index in [9.17, 15) is 0 Å². The molecule has 2 rings (SSSR count). The molecule has 2 heterocycles. The van der Waals surface area contributed by atoms with Crippen molar-refractivity contribution >= 4 is 11.7 Å². The minimum Gasteiger partial charge on any atom is -0.262 e. The summed E-state index contributed by atoms with van der Waals surface area (Å²) in [5, 5.41) is 0. The third kappa shape index (κ3) is 21.1. The fourth-order valence-corrected chi connectivity index (χ4v) is 8.14. The van der Waals surface area contributed by atoms with Gasteiger partial charge in [0.25, 0.3) is 0 Å². The molecule has 0 amide bonds. The van der Waals surface area contributed by atoms with Crippen molar-refractivity contribution in [1.29, 1.82) is 0 Å². The van der Waals surface area contributed by atoms with Crippen LogP contribution >= 0.6 is 0 Å². The smallest absolute Gasteiger partial charge is 0.247 e. The van der Waals surface area contributed by atoms with Gasteiger partial charge in [0.05, 0.1) is 13.1 Å². The van der Waals surface area contributed by atoms with Crippen LogP contribution in [-0.4, -0.2) is 83.0 Å². The highest BCUT2D eigenvalue weighted by Gasteiger charge is 2.33. The molecule has 0 unspecified atom stereocenters. The molecule has 290 valence electrons. The van der Waals surface area contributed by atoms with Crippen LogP contribution in [0.1, 0.15) is 207 Å². The summed E-state index contributed by atoms with van der Waals surface area (Å²) in [6, 6.07) is 0. The highest BCUT2D eigenvalue weighted by Crippen LogP contribution is 2.16. The van der Waals surface area contributed by atoms with Crippen molar-refractivity contribution < 1.29 is 9.15 Å². The van der Waals surface area contributed by atoms with Crippen molar-refractivity contribution in [3.05, 3.63) is 24.3 Å². The van der Waals surface area contributed by atoms with E-state index in [1.807, 2.05) is 0 Å². The molecule has 0 spiro atoms. The first-order valence-corrected chi connectivity index (χ1v) is 22.8. The van der Waals surface area contributed by atoms with Crippen LogP contribution in [0.5, 0.6) is 0 Å². The van der Waals surface area contributed by atoms with Crippen LogP contribution in [0.2, 0.25) is 0 Å². The zero-order chi connectivity index (χ0) is 35.7. The SMILES string of the molecule is CCCCCCCC/C=C\CCCCCCCC1=[N+](CC)CCN1CCN1CC[N+](CC)=C1CCCCCCC/C=C\CCCCCCCC. The van der Waals surface area contributed by atoms with Gasteiger partial charge in [-0.25, -0.2) is 0 Å². The van der Waals surface area contributed by atoms with Gasteiger partial charge in [0.2, 0.25) is 11.7 Å². The molecule has 0 aromatic carbocycles. The van der Waals surface area contributed by atoms with Crippen LogP contribution in [-0.2, 0) is 0 Å². The third-order valence-corrected chi connectivity index (χ3v) is 11.5. The molecule has 0 fully saturated rings. The molecule has 2 aliphatic rings. The predicted molar refractivity (Wildman–Crippen MR) is 223 cm³/mol. The standard InChI is InChI=1S/C46H88N4/c1-5-9-11-13-15-17-19-21-23-25-27-29-31-33-35-37-45-47(7-3)39-41-49(45)43-44-50-42-40-48(8-4)46(50)38-36-34-32-30-28-26-24-22-20-18-16-14-12-10-6-2/h21-24H,5-20,25-44H2,1-4H3/q+2/b23-21-,24-22-. The molecule has 0 radical (unpaired) electrons. The first-order chi connectivity index (χ1) is 24.7. The van der Waals surface area contributed by atoms with Crippen molar-refractivity contribution in [2.24, 2.45) is 0 Å². The summed E-state index contributed by atoms with van der Waals surface area (Å²) in [5.41, 5.74) is 0. The van der Waals surface area contributed by atoms with Gasteiger partial charge in [0, 0.05) is 12.8 Å². The topological polar surface area (TPSA) is 12.5 Å². The molecule has 50 heavy (non-hydrogen) atoms. The van der Waals surface area contributed by atoms with Crippen molar-refractivity contribution in [3.8, 4) is 0 Å². The lowest BCUT2D eigenvalue weighted by atomic mass is 10.1. The molecule has 0 N–H and O–H groups in total. The maximum absolute atomic E-state index is 2.76. The summed E-state index contributed by atoms with van der Waals surface area (Å²) in [7, 11) is 0. The number of hydrogen-bond donors (Lipinski definition) is 0. The molecule has 0 saturated carbocycles. The van der Waals surface area contributed by atoms with Gasteiger partial charge in [0.1, 0.15) is 39.3 Å². The Morgan fingerprint density at radius 2 is 0.700 bits per heavy atom. The lowest BCUT2D eigenvalue weighted by molar-refractivity contribution is -0.515. The van der Waals surface area contributed by atoms with Crippen molar-refractivity contribution in [1.82, 2.24) is 9.80 Å². The summed E-state index contributed by atoms with van der Waals surface area (Å²) in [6.45, 7) is 18.9. The highest BCUT2D eigenvalue weighted by atomic mass is 15.3. The molecule has 2 aliphatic heterocycles. The van der Waals surface area contributed by atoms with Crippen LogP contribution in [0.25, 0.3) is 0 Å². The number of nitrogens with zero attached hydrogens (tertiary/aromatic N) is 4. The fourth-order valence-electron chi connectivity index (χ4n) is 8.14. The molecule has 0 atom stereocenters. The largest absolute Gasteiger partial charge is 0.262 e. The number of unbranched alkanes of at least 4 members (excludes halogenated alkanes) is 22. The number of hydrogen-bond acceptors (Lipinski definition) is 2. The van der Waals surface area contributed by atoms with Gasteiger partial charge in [-0.1, -0.05) is 141 Å². The number of amidine groups is 2. The normalized spacial score (nSPS) is 15.4. The molecule has 0 aliphatic carbocycles. The van der Waals surface area contributed by atoms with Gasteiger partial charge in [-0.3, -0.25) is 19.0 Å². The highest BCUT2D eigenvalue weighted by molar-refractivity contribution is 5.79. The lowest BCUT2D eigenvalue weighted by Crippen LogP contribution is -2.39. The van der Waals surface area contributed by atoms with Crippen molar-refractivity contribution in [3.63, 3.8) is 0 Å². The molecule has 0 aromatic rings. The van der Waals surface area contributed by atoms with Crippen LogP contribution in [0.3, 0.4) is 0 Å². The summed E-state index contributed by atoms with van der Waals surface area (Å²) in [4.78, 5) is 5.51. The minimum absolute atomic E-state index is 1.16. The molecular formula is C46H88N4+2. The zero-order valence-corrected chi connectivity index (χ0v) is 34.6. The van der Waals surface area contributed by atoms with E-state index in [2.05, 4.69) is 70.9 Å². The molecule has 0 bridgehead atoms. The summed E-state index contributed by atoms with van der Waals surface area (Å²) < 4.78 is 5.35. The van der Waals surface area contributed by atoms with Crippen molar-refractivity contribution in [2.75, 3.05) is 52.4 Å². The molecule has 0 aromatic heterocycles. The van der Waals surface area contributed by atoms with Crippen LogP contribution in [0.15, 0.2) is 24.3 Å². The van der Waals surface area contributed by atoms with E-state index in [-0.39, 0.29) is 0 Å². The summed E-state index contributed by atoms with van der Waals surface area (Å²) >= 11 is 0. The number of likely N-dealkylation sites (N-methyl/N-ethyl adjacent to an activating group) is 2. The number of allylic oxidation sites excluding steroid dienone is 4. The van der Waals surface area contributed by atoms with E-state index >= 15 is 0 Å². The Kier molecular flexibility index (Phi) is 28.6. The van der Waals surface area contributed by atoms with Gasteiger partial charge >= 0.3 is 0 Å². The van der Waals surface area contributed by atoms with Crippen LogP contribution in [0, 0.1) is 0 Å². The number of rotatable bonds is 35. The predicted octanol–water partition coefficient (Wildman–Crippen LogP) is 12.6. The van der Waals surface area contributed by atoms with E-state index in [4.69, 9.17) is 0 Å². The maximum Gasteiger partial charge on any atom is 0.247 e. The van der Waals surface area contributed by atoms with Gasteiger partial charge < -0.3 is 0 Å². The van der Waals surface area contributed by atoms with E-state index in [1.165, 1.54) is 219 Å². The first kappa shape index (κ1) is 44.6. The van der Waals surface area contributed by atoms with E-state index < -0.39 is 0 Å². The molecule has 0 saturated heterocycles. The minimum atomic E-state index is 1.16. The second-order valence-corrected chi connectivity index (χ2v) is 15.6. The van der Waals surface area contributed by atoms with Gasteiger partial charge in [0.15, 0.2) is 0 Å². The molecule has 4 heteroatoms. The van der Waals surface area contributed by atoms with E-state index in [0.717, 1.165) is 13.1 Å². The second kappa shape index (κ2) is 32.1. The quantitative estimate of drug-likeness (QED) is 0.0371. The average Bonchev–Trinajstić information content (AvgIpc) is 3.73. The maximum atomic E-state index is 2.76. The third-order valence-electron chi connectivity index (χ3n) is 11.5. The summed E-state index contributed by atoms with van der Waals surface area (Å²) in [6.07, 6.45) is 48.2. The van der Waals surface area contributed by atoms with Crippen LogP contribution < -0.4 is 0 Å². The Morgan fingerprint density at radius 3 is 1.02 bits per heavy atom. The van der Waals surface area contributed by atoms with E-state index in [0.29, 0.717) is 0 Å². The Balaban J connectivity index is 1.56. The Hall–Kier alpha value is -1.58. The average molecular weight is 697 g/mol. The van der Waals surface area contributed by atoms with Gasteiger partial charge in [-0.15, -0.1) is 0 Å². The Bertz CT molecular complexity index is 841. The van der Waals surface area contributed by atoms with Gasteiger partial charge in [-0.2, -0.15) is 0 Å². The molecular weight excluding hydrogens is 609 g/mol. The monoisotopic (exact) mass is 697 g/mol. The second-order valence-electron chi connectivity index (χ2n) is 15.6. The molecule has 4 nitrogen and oxygen atoms in total. The zero-order valence-electron chi connectivity index (χ0n) is 34.6. The summed E-state index contributed by atoms with van der Waals surface area (Å²) in [5.74, 6) is 3.30.